The molecule has 2 aromatic heterocycles. The van der Waals surface area contributed by atoms with E-state index in [-0.39, 0.29) is 5.56 Å². The predicted molar refractivity (Wildman–Crippen MR) is 72.2 cm³/mol. The molecule has 0 aliphatic rings. The average Bonchev–Trinajstić information content (AvgIpc) is 2.38. The summed E-state index contributed by atoms with van der Waals surface area (Å²) in [5.41, 5.74) is 1.63. The third-order valence-corrected chi connectivity index (χ3v) is 3.37. The molecular weight excluding hydrogens is 271 g/mol. The molecule has 3 rings (SSSR count). The third kappa shape index (κ3) is 1.64. The summed E-state index contributed by atoms with van der Waals surface area (Å²) >= 11 is 11.6. The van der Waals surface area contributed by atoms with E-state index in [9.17, 15) is 4.79 Å². The molecule has 0 radical (unpaired) electrons. The Hall–Kier alpha value is -1.71. The van der Waals surface area contributed by atoms with Crippen LogP contribution >= 0.6 is 23.2 Å². The van der Waals surface area contributed by atoms with Crippen LogP contribution in [-0.2, 0) is 0 Å². The third-order valence-electron chi connectivity index (χ3n) is 2.76. The van der Waals surface area contributed by atoms with Gasteiger partial charge in [-0.3, -0.25) is 14.8 Å². The summed E-state index contributed by atoms with van der Waals surface area (Å²) < 4.78 is 0. The van der Waals surface area contributed by atoms with Crippen LogP contribution in [-0.4, -0.2) is 15.2 Å². The Bertz CT molecular complexity index is 786. The molecule has 0 aliphatic heterocycles. The van der Waals surface area contributed by atoms with Gasteiger partial charge in [0.05, 0.1) is 21.6 Å². The van der Waals surface area contributed by atoms with E-state index in [2.05, 4.69) is 9.97 Å². The fraction of sp³-hybridized carbons (Fsp3) is 0. The molecule has 0 atom stereocenters. The number of pyridine rings is 2. The zero-order chi connectivity index (χ0) is 12.7. The fourth-order valence-corrected chi connectivity index (χ4v) is 2.38. The number of hydrogen-bond acceptors (Lipinski definition) is 3. The fourth-order valence-electron chi connectivity index (χ4n) is 1.91. The Labute approximate surface area is 112 Å². The van der Waals surface area contributed by atoms with Crippen LogP contribution in [0, 0.1) is 0 Å². The molecule has 3 nitrogen and oxygen atoms in total. The molecule has 0 spiro atoms. The standard InChI is InChI=1S/C13H6Cl2N2O/c14-10-8-4-3-7-2-1-5-16-11(7)12(8)17-6-9(10)13(15)18/h1-6H. The SMILES string of the molecule is O=C(Cl)c1cnc2c(ccc3cccnc32)c1Cl. The minimum absolute atomic E-state index is 0.209. The Balaban J connectivity index is 2.48. The molecule has 2 heterocycles. The molecule has 0 bridgehead atoms. The summed E-state index contributed by atoms with van der Waals surface area (Å²) in [5.74, 6) is 0. The molecule has 18 heavy (non-hydrogen) atoms. The highest BCUT2D eigenvalue weighted by Crippen LogP contribution is 2.30. The summed E-state index contributed by atoms with van der Waals surface area (Å²) in [5, 5.41) is 1.34. The normalized spacial score (nSPS) is 11.0. The van der Waals surface area contributed by atoms with Crippen molar-refractivity contribution in [3.05, 3.63) is 47.2 Å². The van der Waals surface area contributed by atoms with Crippen molar-refractivity contribution in [1.82, 2.24) is 9.97 Å². The highest BCUT2D eigenvalue weighted by atomic mass is 35.5. The molecule has 0 N–H and O–H groups in total. The van der Waals surface area contributed by atoms with Gasteiger partial charge >= 0.3 is 0 Å². The second-order valence-corrected chi connectivity index (χ2v) is 4.52. The molecule has 0 amide bonds. The number of aromatic nitrogens is 2. The lowest BCUT2D eigenvalue weighted by atomic mass is 10.1. The maximum Gasteiger partial charge on any atom is 0.255 e. The van der Waals surface area contributed by atoms with E-state index >= 15 is 0 Å². The second kappa shape index (κ2) is 4.19. The van der Waals surface area contributed by atoms with Crippen molar-refractivity contribution >= 4 is 50.3 Å². The number of benzene rings is 1. The minimum atomic E-state index is -0.615. The van der Waals surface area contributed by atoms with Gasteiger partial charge in [-0.1, -0.05) is 29.8 Å². The van der Waals surface area contributed by atoms with Gasteiger partial charge in [0.15, 0.2) is 0 Å². The minimum Gasteiger partial charge on any atom is -0.275 e. The van der Waals surface area contributed by atoms with Crippen LogP contribution in [0.2, 0.25) is 5.02 Å². The van der Waals surface area contributed by atoms with Crippen LogP contribution in [0.15, 0.2) is 36.7 Å². The lowest BCUT2D eigenvalue weighted by molar-refractivity contribution is 0.108. The van der Waals surface area contributed by atoms with Crippen LogP contribution in [0.25, 0.3) is 21.8 Å². The van der Waals surface area contributed by atoms with Crippen molar-refractivity contribution < 1.29 is 4.79 Å². The first kappa shape index (κ1) is 11.4. The zero-order valence-corrected chi connectivity index (χ0v) is 10.5. The molecule has 88 valence electrons. The zero-order valence-electron chi connectivity index (χ0n) is 9.02. The van der Waals surface area contributed by atoms with E-state index in [0.717, 1.165) is 10.9 Å². The van der Waals surface area contributed by atoms with Crippen molar-refractivity contribution in [2.75, 3.05) is 0 Å². The summed E-state index contributed by atoms with van der Waals surface area (Å²) in [6.07, 6.45) is 3.08. The molecule has 0 unspecified atom stereocenters. The number of carbonyl (C=O) groups is 1. The predicted octanol–water partition coefficient (Wildman–Crippen LogP) is 3.82. The van der Waals surface area contributed by atoms with Gasteiger partial charge in [-0.2, -0.15) is 0 Å². The van der Waals surface area contributed by atoms with E-state index in [0.29, 0.717) is 15.9 Å². The van der Waals surface area contributed by atoms with E-state index in [1.54, 1.807) is 6.20 Å². The summed E-state index contributed by atoms with van der Waals surface area (Å²) in [6, 6.07) is 7.50. The highest BCUT2D eigenvalue weighted by molar-refractivity contribution is 6.69. The van der Waals surface area contributed by atoms with Gasteiger partial charge in [-0.05, 0) is 17.7 Å². The molecule has 3 aromatic rings. The van der Waals surface area contributed by atoms with Crippen LogP contribution in [0.4, 0.5) is 0 Å². The van der Waals surface area contributed by atoms with Crippen molar-refractivity contribution in [1.29, 1.82) is 0 Å². The van der Waals surface area contributed by atoms with E-state index in [1.807, 2.05) is 24.3 Å². The molecule has 5 heteroatoms. The molecule has 0 aliphatic carbocycles. The lowest BCUT2D eigenvalue weighted by Gasteiger charge is -2.05. The molecule has 0 saturated heterocycles. The van der Waals surface area contributed by atoms with Crippen LogP contribution in [0.5, 0.6) is 0 Å². The number of carbonyl (C=O) groups excluding carboxylic acids is 1. The van der Waals surface area contributed by atoms with Gasteiger partial charge < -0.3 is 0 Å². The maximum absolute atomic E-state index is 11.2. The molecular formula is C13H6Cl2N2O. The molecule has 0 fully saturated rings. The monoisotopic (exact) mass is 276 g/mol. The first-order valence-electron chi connectivity index (χ1n) is 5.20. The average molecular weight is 277 g/mol. The first-order chi connectivity index (χ1) is 8.68. The van der Waals surface area contributed by atoms with Gasteiger partial charge in [-0.25, -0.2) is 0 Å². The van der Waals surface area contributed by atoms with E-state index in [4.69, 9.17) is 23.2 Å². The maximum atomic E-state index is 11.2. The number of fused-ring (bicyclic) bond motifs is 3. The summed E-state index contributed by atoms with van der Waals surface area (Å²) in [7, 11) is 0. The van der Waals surface area contributed by atoms with Crippen molar-refractivity contribution in [3.63, 3.8) is 0 Å². The Morgan fingerprint density at radius 3 is 2.72 bits per heavy atom. The van der Waals surface area contributed by atoms with Gasteiger partial charge in [0, 0.05) is 23.2 Å². The van der Waals surface area contributed by atoms with Crippen molar-refractivity contribution in [2.24, 2.45) is 0 Å². The van der Waals surface area contributed by atoms with Crippen LogP contribution in [0.1, 0.15) is 10.4 Å². The first-order valence-corrected chi connectivity index (χ1v) is 5.96. The Kier molecular flexibility index (Phi) is 2.65. The number of halogens is 2. The van der Waals surface area contributed by atoms with E-state index < -0.39 is 5.24 Å². The summed E-state index contributed by atoms with van der Waals surface area (Å²) in [6.45, 7) is 0. The highest BCUT2D eigenvalue weighted by Gasteiger charge is 2.13. The van der Waals surface area contributed by atoms with Crippen molar-refractivity contribution in [2.45, 2.75) is 0 Å². The van der Waals surface area contributed by atoms with Gasteiger partial charge in [0.1, 0.15) is 0 Å². The lowest BCUT2D eigenvalue weighted by Crippen LogP contribution is -1.94. The van der Waals surface area contributed by atoms with Crippen molar-refractivity contribution in [3.8, 4) is 0 Å². The topological polar surface area (TPSA) is 42.9 Å². The largest absolute Gasteiger partial charge is 0.275 e. The number of rotatable bonds is 1. The quantitative estimate of drug-likeness (QED) is 0.501. The van der Waals surface area contributed by atoms with Gasteiger partial charge in [0.25, 0.3) is 5.24 Å². The van der Waals surface area contributed by atoms with E-state index in [1.165, 1.54) is 6.20 Å². The van der Waals surface area contributed by atoms with Gasteiger partial charge in [0.2, 0.25) is 0 Å². The second-order valence-electron chi connectivity index (χ2n) is 3.80. The summed E-state index contributed by atoms with van der Waals surface area (Å²) in [4.78, 5) is 19.7. The van der Waals surface area contributed by atoms with Crippen LogP contribution < -0.4 is 0 Å². The molecule has 0 saturated carbocycles. The van der Waals surface area contributed by atoms with Crippen LogP contribution in [0.3, 0.4) is 0 Å². The smallest absolute Gasteiger partial charge is 0.255 e. The molecule has 1 aromatic carbocycles. The van der Waals surface area contributed by atoms with Gasteiger partial charge in [-0.15, -0.1) is 0 Å². The number of hydrogen-bond donors (Lipinski definition) is 0. The Morgan fingerprint density at radius 1 is 1.11 bits per heavy atom. The number of nitrogens with zero attached hydrogens (tertiary/aromatic N) is 2. The Morgan fingerprint density at radius 2 is 1.94 bits per heavy atom.